The number of aliphatic hydroxyl groups is 8. The lowest BCUT2D eigenvalue weighted by molar-refractivity contribution is -0.141. The molecule has 1 aromatic carbocycles. The van der Waals surface area contributed by atoms with Crippen molar-refractivity contribution in [3.63, 3.8) is 0 Å². The molecule has 0 aliphatic heterocycles. The van der Waals surface area contributed by atoms with Gasteiger partial charge in [-0.15, -0.1) is 0 Å². The van der Waals surface area contributed by atoms with Gasteiger partial charge in [0.05, 0.1) is 39.1 Å². The highest BCUT2D eigenvalue weighted by Crippen LogP contribution is 2.38. The number of carbonyl (C=O) groups excluding carboxylic acids is 1. The van der Waals surface area contributed by atoms with Crippen LogP contribution in [0.3, 0.4) is 0 Å². The smallest absolute Gasteiger partial charge is 0.377 e. The van der Waals surface area contributed by atoms with Gasteiger partial charge in [-0.25, -0.2) is 4.79 Å². The van der Waals surface area contributed by atoms with E-state index in [0.29, 0.717) is 0 Å². The van der Waals surface area contributed by atoms with Crippen molar-refractivity contribution in [1.82, 2.24) is 0 Å². The second-order valence-electron chi connectivity index (χ2n) is 7.37. The molecule has 0 aliphatic rings. The highest BCUT2D eigenvalue weighted by Gasteiger charge is 2.28. The zero-order valence-electron chi connectivity index (χ0n) is 19.7. The van der Waals surface area contributed by atoms with Gasteiger partial charge in [0.1, 0.15) is 50.8 Å². The fourth-order valence-corrected chi connectivity index (χ4v) is 2.47. The third-order valence-electron chi connectivity index (χ3n) is 4.33. The van der Waals surface area contributed by atoms with E-state index < -0.39 is 82.4 Å². The topological polar surface area (TPSA) is 225 Å². The maximum atomic E-state index is 12.6. The van der Waals surface area contributed by atoms with Gasteiger partial charge in [0.2, 0.25) is 5.76 Å². The van der Waals surface area contributed by atoms with Crippen molar-refractivity contribution in [2.75, 3.05) is 60.0 Å². The summed E-state index contributed by atoms with van der Waals surface area (Å²) in [7, 11) is 1.04. The van der Waals surface area contributed by atoms with Crippen LogP contribution in [-0.4, -0.2) is 131 Å². The highest BCUT2D eigenvalue weighted by molar-refractivity contribution is 5.95. The Morgan fingerprint density at radius 3 is 1.78 bits per heavy atom. The molecular formula is C22H34O14. The van der Waals surface area contributed by atoms with E-state index in [1.54, 1.807) is 0 Å². The number of para-hydroxylation sites is 1. The van der Waals surface area contributed by atoms with Crippen LogP contribution in [-0.2, 0) is 19.0 Å². The number of carbonyl (C=O) groups is 1. The standard InChI is InChI=1S/C22H34O14/c1-32-22(31)21(36-12-16(30)8-26)20(35-11-15(29)7-25)17-3-2-4-18(33-9-13(27)5-23)19(17)34-10-14(28)6-24/h2-4,13-16,23-30H,5-12H2,1H3. The van der Waals surface area contributed by atoms with E-state index in [-0.39, 0.29) is 29.4 Å². The minimum atomic E-state index is -1.38. The molecule has 0 saturated heterocycles. The van der Waals surface area contributed by atoms with Crippen molar-refractivity contribution in [3.8, 4) is 11.5 Å². The largest absolute Gasteiger partial charge is 0.487 e. The molecule has 8 N–H and O–H groups in total. The zero-order chi connectivity index (χ0) is 27.1. The normalized spacial score (nSPS) is 15.2. The Labute approximate surface area is 207 Å². The SMILES string of the molecule is COC(=O)C(OCC(O)CO)=C(OCC(O)CO)c1cccc(OCC(O)CO)c1OCC(O)CO. The summed E-state index contributed by atoms with van der Waals surface area (Å²) in [4.78, 5) is 12.6. The van der Waals surface area contributed by atoms with Gasteiger partial charge in [0.15, 0.2) is 17.3 Å². The molecule has 0 spiro atoms. The van der Waals surface area contributed by atoms with E-state index in [1.165, 1.54) is 18.2 Å². The molecule has 36 heavy (non-hydrogen) atoms. The predicted octanol–water partition coefficient (Wildman–Crippen LogP) is -3.27. The Morgan fingerprint density at radius 2 is 1.25 bits per heavy atom. The van der Waals surface area contributed by atoms with Gasteiger partial charge in [0.25, 0.3) is 0 Å². The molecule has 0 radical (unpaired) electrons. The molecule has 0 bridgehead atoms. The summed E-state index contributed by atoms with van der Waals surface area (Å²) in [5.41, 5.74) is -0.0415. The maximum absolute atomic E-state index is 12.6. The molecule has 1 aromatic rings. The molecule has 0 aromatic heterocycles. The minimum absolute atomic E-state index is 0.0337. The molecule has 4 atom stereocenters. The summed E-state index contributed by atoms with van der Waals surface area (Å²) in [6.45, 7) is -4.52. The Hall–Kier alpha value is -2.69. The number of methoxy groups -OCH3 is 1. The fraction of sp³-hybridized carbons (Fsp3) is 0.591. The summed E-state index contributed by atoms with van der Waals surface area (Å²) in [6, 6.07) is 4.22. The summed E-state index contributed by atoms with van der Waals surface area (Å²) in [5, 5.41) is 75.4. The van der Waals surface area contributed by atoms with Crippen LogP contribution in [0.2, 0.25) is 0 Å². The lowest BCUT2D eigenvalue weighted by atomic mass is 10.1. The van der Waals surface area contributed by atoms with E-state index in [0.717, 1.165) is 7.11 Å². The Kier molecular flexibility index (Phi) is 14.7. The van der Waals surface area contributed by atoms with Gasteiger partial charge >= 0.3 is 5.97 Å². The molecule has 206 valence electrons. The fourth-order valence-electron chi connectivity index (χ4n) is 2.47. The summed E-state index contributed by atoms with van der Waals surface area (Å²) in [5.74, 6) is -2.25. The van der Waals surface area contributed by atoms with Gasteiger partial charge in [-0.3, -0.25) is 0 Å². The minimum Gasteiger partial charge on any atom is -0.487 e. The van der Waals surface area contributed by atoms with E-state index in [2.05, 4.69) is 0 Å². The third-order valence-corrected chi connectivity index (χ3v) is 4.33. The molecule has 0 saturated carbocycles. The van der Waals surface area contributed by atoms with Crippen molar-refractivity contribution in [2.24, 2.45) is 0 Å². The number of aliphatic hydroxyl groups excluding tert-OH is 8. The van der Waals surface area contributed by atoms with Gasteiger partial charge in [-0.1, -0.05) is 6.07 Å². The highest BCUT2D eigenvalue weighted by atomic mass is 16.6. The lowest BCUT2D eigenvalue weighted by Crippen LogP contribution is -2.25. The van der Waals surface area contributed by atoms with Crippen LogP contribution in [0.4, 0.5) is 0 Å². The maximum Gasteiger partial charge on any atom is 0.377 e. The second-order valence-corrected chi connectivity index (χ2v) is 7.37. The summed E-state index contributed by atoms with van der Waals surface area (Å²) >= 11 is 0. The first-order valence-corrected chi connectivity index (χ1v) is 10.8. The van der Waals surface area contributed by atoms with Crippen molar-refractivity contribution in [3.05, 3.63) is 29.5 Å². The van der Waals surface area contributed by atoms with Crippen LogP contribution in [0.25, 0.3) is 5.76 Å². The molecule has 1 rings (SSSR count). The van der Waals surface area contributed by atoms with Crippen molar-refractivity contribution in [1.29, 1.82) is 0 Å². The van der Waals surface area contributed by atoms with Crippen LogP contribution < -0.4 is 9.47 Å². The van der Waals surface area contributed by atoms with Gasteiger partial charge < -0.3 is 64.5 Å². The average Bonchev–Trinajstić information content (AvgIpc) is 2.91. The molecule has 0 aliphatic carbocycles. The molecule has 14 heteroatoms. The molecule has 14 nitrogen and oxygen atoms in total. The first kappa shape index (κ1) is 31.3. The molecule has 0 amide bonds. The Balaban J connectivity index is 3.68. The van der Waals surface area contributed by atoms with E-state index in [1.807, 2.05) is 0 Å². The average molecular weight is 523 g/mol. The molecule has 0 heterocycles. The van der Waals surface area contributed by atoms with Crippen LogP contribution in [0.1, 0.15) is 5.56 Å². The lowest BCUT2D eigenvalue weighted by Gasteiger charge is -2.22. The first-order valence-electron chi connectivity index (χ1n) is 10.8. The van der Waals surface area contributed by atoms with Crippen LogP contribution >= 0.6 is 0 Å². The second kappa shape index (κ2) is 16.9. The van der Waals surface area contributed by atoms with Gasteiger partial charge in [-0.05, 0) is 12.1 Å². The van der Waals surface area contributed by atoms with E-state index in [9.17, 15) is 25.2 Å². The number of benzene rings is 1. The number of rotatable bonds is 18. The molecular weight excluding hydrogens is 488 g/mol. The number of hydrogen-bond acceptors (Lipinski definition) is 14. The third kappa shape index (κ3) is 10.1. The Morgan fingerprint density at radius 1 is 0.750 bits per heavy atom. The van der Waals surface area contributed by atoms with Gasteiger partial charge in [0, 0.05) is 0 Å². The van der Waals surface area contributed by atoms with Crippen molar-refractivity contribution < 1.29 is 69.3 Å². The van der Waals surface area contributed by atoms with Crippen LogP contribution in [0.15, 0.2) is 24.0 Å². The molecule has 0 fully saturated rings. The number of hydrogen-bond donors (Lipinski definition) is 8. The van der Waals surface area contributed by atoms with Crippen molar-refractivity contribution >= 4 is 11.7 Å². The summed E-state index contributed by atoms with van der Waals surface area (Å²) in [6.07, 6.45) is -5.31. The van der Waals surface area contributed by atoms with E-state index in [4.69, 9.17) is 44.1 Å². The van der Waals surface area contributed by atoms with E-state index >= 15 is 0 Å². The van der Waals surface area contributed by atoms with Gasteiger partial charge in [-0.2, -0.15) is 0 Å². The summed E-state index contributed by atoms with van der Waals surface area (Å²) < 4.78 is 26.8. The molecule has 4 unspecified atom stereocenters. The predicted molar refractivity (Wildman–Crippen MR) is 121 cm³/mol. The van der Waals surface area contributed by atoms with Crippen LogP contribution in [0, 0.1) is 0 Å². The van der Waals surface area contributed by atoms with Crippen LogP contribution in [0.5, 0.6) is 11.5 Å². The monoisotopic (exact) mass is 522 g/mol. The number of ether oxygens (including phenoxy) is 5. The quantitative estimate of drug-likeness (QED) is 0.0538. The first-order chi connectivity index (χ1) is 17.2. The zero-order valence-corrected chi connectivity index (χ0v) is 19.7. The Bertz CT molecular complexity index is 814. The van der Waals surface area contributed by atoms with Crippen molar-refractivity contribution in [2.45, 2.75) is 24.4 Å². The number of esters is 1.